The molecule has 2 aromatic rings. The maximum atomic E-state index is 11.4. The van der Waals surface area contributed by atoms with Crippen LogP contribution in [0.15, 0.2) is 18.2 Å². The lowest BCUT2D eigenvalue weighted by Crippen LogP contribution is -2.08. The molecule has 0 aliphatic heterocycles. The van der Waals surface area contributed by atoms with Crippen molar-refractivity contribution in [2.24, 2.45) is 0 Å². The largest absolute Gasteiger partial charge is 0.464 e. The fourth-order valence-corrected chi connectivity index (χ4v) is 1.28. The molecule has 0 atom stereocenters. The average molecular weight is 207 g/mol. The normalized spacial score (nSPS) is 10.5. The number of hydrogen-bond acceptors (Lipinski definition) is 5. The molecular weight excluding hydrogens is 198 g/mol. The van der Waals surface area contributed by atoms with E-state index in [0.717, 1.165) is 0 Å². The Labute approximate surface area is 85.1 Å². The maximum absolute atomic E-state index is 11.4. The van der Waals surface area contributed by atoms with Crippen molar-refractivity contribution in [2.45, 2.75) is 6.61 Å². The second-order valence-electron chi connectivity index (χ2n) is 2.86. The Morgan fingerprint density at radius 2 is 2.40 bits per heavy atom. The molecule has 2 rings (SSSR count). The smallest absolute Gasteiger partial charge is 0.356 e. The Balaban J connectivity index is 2.64. The van der Waals surface area contributed by atoms with Crippen LogP contribution < -0.4 is 0 Å². The Morgan fingerprint density at radius 1 is 1.60 bits per heavy atom. The number of carbonyl (C=O) groups excluding carboxylic acids is 1. The molecule has 0 unspecified atom stereocenters. The van der Waals surface area contributed by atoms with Gasteiger partial charge in [-0.3, -0.25) is 0 Å². The van der Waals surface area contributed by atoms with Crippen LogP contribution in [0.1, 0.15) is 16.3 Å². The number of esters is 1. The molecule has 0 radical (unpaired) electrons. The number of pyridine rings is 1. The Morgan fingerprint density at radius 3 is 3.07 bits per heavy atom. The van der Waals surface area contributed by atoms with Crippen molar-refractivity contribution in [3.8, 4) is 0 Å². The monoisotopic (exact) mass is 207 g/mol. The van der Waals surface area contributed by atoms with Crippen LogP contribution >= 0.6 is 0 Å². The molecule has 1 N–H and O–H groups in total. The van der Waals surface area contributed by atoms with Crippen molar-refractivity contribution in [3.05, 3.63) is 29.7 Å². The van der Waals surface area contributed by atoms with Gasteiger partial charge >= 0.3 is 5.97 Å². The highest BCUT2D eigenvalue weighted by Gasteiger charge is 2.12. The Hall–Kier alpha value is -1.95. The van der Waals surface area contributed by atoms with Gasteiger partial charge in [-0.1, -0.05) is 6.07 Å². The van der Waals surface area contributed by atoms with Gasteiger partial charge in [-0.15, -0.1) is 5.10 Å². The van der Waals surface area contributed by atoms with Crippen molar-refractivity contribution in [1.82, 2.24) is 14.6 Å². The number of methoxy groups -OCH3 is 1. The van der Waals surface area contributed by atoms with E-state index in [4.69, 9.17) is 5.11 Å². The van der Waals surface area contributed by atoms with E-state index in [9.17, 15) is 4.79 Å². The number of nitrogens with zero attached hydrogens (tertiary/aromatic N) is 3. The van der Waals surface area contributed by atoms with E-state index in [1.54, 1.807) is 18.2 Å². The first-order valence-corrected chi connectivity index (χ1v) is 4.30. The molecule has 0 fully saturated rings. The van der Waals surface area contributed by atoms with Crippen molar-refractivity contribution in [1.29, 1.82) is 0 Å². The topological polar surface area (TPSA) is 76.7 Å². The molecular formula is C9H9N3O3. The highest BCUT2D eigenvalue weighted by Crippen LogP contribution is 2.07. The van der Waals surface area contributed by atoms with Crippen LogP contribution in [-0.4, -0.2) is 32.8 Å². The zero-order valence-electron chi connectivity index (χ0n) is 8.04. The second kappa shape index (κ2) is 3.66. The summed E-state index contributed by atoms with van der Waals surface area (Å²) in [6, 6.07) is 4.95. The lowest BCUT2D eigenvalue weighted by Gasteiger charge is -2.00. The fraction of sp³-hybridized carbons (Fsp3) is 0.222. The summed E-state index contributed by atoms with van der Waals surface area (Å²) in [6.07, 6.45) is 0. The van der Waals surface area contributed by atoms with Gasteiger partial charge in [-0.25, -0.2) is 14.3 Å². The van der Waals surface area contributed by atoms with Crippen LogP contribution in [0, 0.1) is 0 Å². The summed E-state index contributed by atoms with van der Waals surface area (Å²) in [5, 5.41) is 12.8. The Kier molecular flexibility index (Phi) is 2.34. The molecule has 0 saturated carbocycles. The molecule has 0 aliphatic rings. The standard InChI is InChI=1S/C9H9N3O3/c1-15-9(14)6-3-2-4-8-10-7(5-13)11-12(6)8/h2-4,13H,5H2,1H3. The molecule has 0 saturated heterocycles. The molecule has 0 amide bonds. The molecule has 6 heteroatoms. The predicted octanol–water partition coefficient (Wildman–Crippen LogP) is 0.00820. The summed E-state index contributed by atoms with van der Waals surface area (Å²) in [6.45, 7) is -0.262. The fourth-order valence-electron chi connectivity index (χ4n) is 1.28. The Bertz CT molecular complexity index is 506. The zero-order chi connectivity index (χ0) is 10.8. The highest BCUT2D eigenvalue weighted by molar-refractivity contribution is 5.88. The van der Waals surface area contributed by atoms with Gasteiger partial charge in [-0.2, -0.15) is 0 Å². The van der Waals surface area contributed by atoms with Crippen molar-refractivity contribution < 1.29 is 14.6 Å². The van der Waals surface area contributed by atoms with E-state index in [1.807, 2.05) is 0 Å². The SMILES string of the molecule is COC(=O)c1cccc2nc(CO)nn12. The predicted molar refractivity (Wildman–Crippen MR) is 50.2 cm³/mol. The quantitative estimate of drug-likeness (QED) is 0.702. The van der Waals surface area contributed by atoms with Crippen molar-refractivity contribution in [3.63, 3.8) is 0 Å². The van der Waals surface area contributed by atoms with E-state index in [2.05, 4.69) is 14.8 Å². The molecule has 15 heavy (non-hydrogen) atoms. The van der Waals surface area contributed by atoms with Crippen LogP contribution in [0.5, 0.6) is 0 Å². The minimum absolute atomic E-state index is 0.262. The third-order valence-electron chi connectivity index (χ3n) is 1.94. The van der Waals surface area contributed by atoms with Crippen molar-refractivity contribution >= 4 is 11.6 Å². The number of aliphatic hydroxyl groups excluding tert-OH is 1. The van der Waals surface area contributed by atoms with Crippen LogP contribution in [-0.2, 0) is 11.3 Å². The first-order chi connectivity index (χ1) is 7.26. The minimum atomic E-state index is -0.491. The first kappa shape index (κ1) is 9.60. The molecule has 2 aromatic heterocycles. The number of fused-ring (bicyclic) bond motifs is 1. The van der Waals surface area contributed by atoms with Gasteiger partial charge in [-0.05, 0) is 12.1 Å². The van der Waals surface area contributed by atoms with Gasteiger partial charge in [0.2, 0.25) is 0 Å². The van der Waals surface area contributed by atoms with Gasteiger partial charge in [0.15, 0.2) is 17.2 Å². The van der Waals surface area contributed by atoms with Gasteiger partial charge in [0.25, 0.3) is 0 Å². The van der Waals surface area contributed by atoms with Gasteiger partial charge in [0.05, 0.1) is 7.11 Å². The minimum Gasteiger partial charge on any atom is -0.464 e. The summed E-state index contributed by atoms with van der Waals surface area (Å²) >= 11 is 0. The molecule has 0 spiro atoms. The van der Waals surface area contributed by atoms with Gasteiger partial charge in [0.1, 0.15) is 6.61 Å². The first-order valence-electron chi connectivity index (χ1n) is 4.30. The van der Waals surface area contributed by atoms with Crippen LogP contribution in [0.2, 0.25) is 0 Å². The van der Waals surface area contributed by atoms with Crippen LogP contribution in [0.3, 0.4) is 0 Å². The highest BCUT2D eigenvalue weighted by atomic mass is 16.5. The van der Waals surface area contributed by atoms with Crippen molar-refractivity contribution in [2.75, 3.05) is 7.11 Å². The van der Waals surface area contributed by atoms with Crippen LogP contribution in [0.4, 0.5) is 0 Å². The van der Waals surface area contributed by atoms with E-state index in [1.165, 1.54) is 11.6 Å². The lowest BCUT2D eigenvalue weighted by atomic mass is 10.3. The summed E-state index contributed by atoms with van der Waals surface area (Å²) in [4.78, 5) is 15.4. The molecule has 78 valence electrons. The van der Waals surface area contributed by atoms with E-state index in [0.29, 0.717) is 5.65 Å². The molecule has 2 heterocycles. The zero-order valence-corrected chi connectivity index (χ0v) is 8.04. The average Bonchev–Trinajstić information content (AvgIpc) is 2.70. The third kappa shape index (κ3) is 1.55. The van der Waals surface area contributed by atoms with Gasteiger partial charge < -0.3 is 9.84 Å². The van der Waals surface area contributed by atoms with Gasteiger partial charge in [0, 0.05) is 0 Å². The number of ether oxygens (including phenoxy) is 1. The van der Waals surface area contributed by atoms with E-state index < -0.39 is 5.97 Å². The number of aromatic nitrogens is 3. The summed E-state index contributed by atoms with van der Waals surface area (Å²) < 4.78 is 5.94. The lowest BCUT2D eigenvalue weighted by molar-refractivity contribution is 0.0590. The number of hydrogen-bond donors (Lipinski definition) is 1. The summed E-state index contributed by atoms with van der Waals surface area (Å²) in [5.74, 6) is -0.221. The molecule has 6 nitrogen and oxygen atoms in total. The van der Waals surface area contributed by atoms with E-state index in [-0.39, 0.29) is 18.1 Å². The number of carbonyl (C=O) groups is 1. The molecule has 0 bridgehead atoms. The number of aliphatic hydroxyl groups is 1. The van der Waals surface area contributed by atoms with Crippen LogP contribution in [0.25, 0.3) is 5.65 Å². The summed E-state index contributed by atoms with van der Waals surface area (Å²) in [7, 11) is 1.30. The summed E-state index contributed by atoms with van der Waals surface area (Å²) in [5.41, 5.74) is 0.782. The maximum Gasteiger partial charge on any atom is 0.356 e. The second-order valence-corrected chi connectivity index (χ2v) is 2.86. The molecule has 0 aliphatic carbocycles. The van der Waals surface area contributed by atoms with E-state index >= 15 is 0 Å². The molecule has 0 aromatic carbocycles. The third-order valence-corrected chi connectivity index (χ3v) is 1.94. The number of rotatable bonds is 2.